The first-order chi connectivity index (χ1) is 10.2. The van der Waals surface area contributed by atoms with E-state index in [1.807, 2.05) is 36.4 Å². The van der Waals surface area contributed by atoms with Gasteiger partial charge in [-0.2, -0.15) is 5.26 Å². The Labute approximate surface area is 122 Å². The zero-order valence-corrected chi connectivity index (χ0v) is 11.2. The standard InChI is InChI=1S/C18H12FNO/c19-17-11-9-15(10-12-17)18(21)16(13-20)8-4-7-14-5-2-1-3-6-14/h1-12H/b7-4+,16-8-. The van der Waals surface area contributed by atoms with Gasteiger partial charge in [0.15, 0.2) is 0 Å². The molecule has 0 saturated carbocycles. The molecule has 21 heavy (non-hydrogen) atoms. The molecule has 2 aromatic carbocycles. The van der Waals surface area contributed by atoms with E-state index in [2.05, 4.69) is 0 Å². The van der Waals surface area contributed by atoms with Gasteiger partial charge in [-0.3, -0.25) is 4.79 Å². The second-order valence-electron chi connectivity index (χ2n) is 4.30. The van der Waals surface area contributed by atoms with E-state index in [0.29, 0.717) is 0 Å². The van der Waals surface area contributed by atoms with Gasteiger partial charge in [0.05, 0.1) is 5.57 Å². The summed E-state index contributed by atoms with van der Waals surface area (Å²) in [5, 5.41) is 9.06. The number of rotatable bonds is 4. The summed E-state index contributed by atoms with van der Waals surface area (Å²) in [6.07, 6.45) is 4.91. The lowest BCUT2D eigenvalue weighted by molar-refractivity contribution is 0.103. The molecule has 0 unspecified atom stereocenters. The Morgan fingerprint density at radius 3 is 2.33 bits per heavy atom. The Bertz CT molecular complexity index is 722. The summed E-state index contributed by atoms with van der Waals surface area (Å²) in [7, 11) is 0. The van der Waals surface area contributed by atoms with Crippen molar-refractivity contribution in [3.63, 3.8) is 0 Å². The van der Waals surface area contributed by atoms with Gasteiger partial charge in [-0.15, -0.1) is 0 Å². The number of halogens is 1. The third-order valence-electron chi connectivity index (χ3n) is 2.82. The highest BCUT2D eigenvalue weighted by molar-refractivity contribution is 6.11. The predicted molar refractivity (Wildman–Crippen MR) is 79.9 cm³/mol. The van der Waals surface area contributed by atoms with Crippen molar-refractivity contribution in [1.29, 1.82) is 5.26 Å². The summed E-state index contributed by atoms with van der Waals surface area (Å²) in [4.78, 5) is 12.1. The van der Waals surface area contributed by atoms with E-state index in [-0.39, 0.29) is 11.1 Å². The first-order valence-corrected chi connectivity index (χ1v) is 6.34. The number of carbonyl (C=O) groups is 1. The van der Waals surface area contributed by atoms with Crippen LogP contribution in [0.3, 0.4) is 0 Å². The molecule has 0 spiro atoms. The van der Waals surface area contributed by atoms with E-state index >= 15 is 0 Å². The van der Waals surface area contributed by atoms with Gasteiger partial charge in [-0.1, -0.05) is 42.5 Å². The molecule has 2 aromatic rings. The molecule has 0 amide bonds. The van der Waals surface area contributed by atoms with Gasteiger partial charge < -0.3 is 0 Å². The molecule has 2 rings (SSSR count). The Kier molecular flexibility index (Phi) is 4.79. The number of nitriles is 1. The van der Waals surface area contributed by atoms with Crippen molar-refractivity contribution in [2.24, 2.45) is 0 Å². The number of ketones is 1. The Morgan fingerprint density at radius 2 is 1.71 bits per heavy atom. The van der Waals surface area contributed by atoms with Crippen LogP contribution in [0.1, 0.15) is 15.9 Å². The maximum absolute atomic E-state index is 12.8. The van der Waals surface area contributed by atoms with Gasteiger partial charge >= 0.3 is 0 Å². The highest BCUT2D eigenvalue weighted by Crippen LogP contribution is 2.10. The average Bonchev–Trinajstić information content (AvgIpc) is 2.53. The van der Waals surface area contributed by atoms with Crippen molar-refractivity contribution in [2.45, 2.75) is 0 Å². The lowest BCUT2D eigenvalue weighted by Gasteiger charge is -1.98. The van der Waals surface area contributed by atoms with Gasteiger partial charge in [0.1, 0.15) is 11.9 Å². The second-order valence-corrected chi connectivity index (χ2v) is 4.30. The van der Waals surface area contributed by atoms with Crippen LogP contribution in [0.4, 0.5) is 4.39 Å². The van der Waals surface area contributed by atoms with Crippen LogP contribution in [0.5, 0.6) is 0 Å². The molecule has 0 heterocycles. The predicted octanol–water partition coefficient (Wildman–Crippen LogP) is 4.17. The summed E-state index contributed by atoms with van der Waals surface area (Å²) < 4.78 is 12.8. The van der Waals surface area contributed by atoms with E-state index in [0.717, 1.165) is 5.56 Å². The number of Topliss-reactive ketones (excluding diaryl/α,β-unsaturated/α-hetero) is 1. The van der Waals surface area contributed by atoms with Gasteiger partial charge in [0.2, 0.25) is 5.78 Å². The summed E-state index contributed by atoms with van der Waals surface area (Å²) in [5.74, 6) is -0.840. The van der Waals surface area contributed by atoms with Crippen LogP contribution in [-0.4, -0.2) is 5.78 Å². The Hall–Kier alpha value is -2.99. The lowest BCUT2D eigenvalue weighted by Crippen LogP contribution is -2.01. The fourth-order valence-corrected chi connectivity index (χ4v) is 1.74. The minimum absolute atomic E-state index is 0.00814. The Balaban J connectivity index is 2.18. The van der Waals surface area contributed by atoms with Gasteiger partial charge in [-0.25, -0.2) is 4.39 Å². The van der Waals surface area contributed by atoms with Crippen molar-refractivity contribution in [2.75, 3.05) is 0 Å². The SMILES string of the molecule is N#C/C(=C/C=C/c1ccccc1)C(=O)c1ccc(F)cc1. The minimum atomic E-state index is -0.421. The van der Waals surface area contributed by atoms with E-state index in [1.54, 1.807) is 12.2 Å². The molecule has 0 aliphatic rings. The molecule has 0 aliphatic heterocycles. The van der Waals surface area contributed by atoms with Crippen LogP contribution >= 0.6 is 0 Å². The highest BCUT2D eigenvalue weighted by Gasteiger charge is 2.10. The zero-order valence-electron chi connectivity index (χ0n) is 11.2. The molecule has 0 fully saturated rings. The number of benzene rings is 2. The summed E-state index contributed by atoms with van der Waals surface area (Å²) >= 11 is 0. The monoisotopic (exact) mass is 277 g/mol. The Morgan fingerprint density at radius 1 is 1.05 bits per heavy atom. The summed E-state index contributed by atoms with van der Waals surface area (Å²) in [6, 6.07) is 16.5. The first kappa shape index (κ1) is 14.4. The lowest BCUT2D eigenvalue weighted by atomic mass is 10.0. The van der Waals surface area contributed by atoms with Crippen molar-refractivity contribution in [1.82, 2.24) is 0 Å². The normalized spacial score (nSPS) is 11.3. The molecule has 0 N–H and O–H groups in total. The van der Waals surface area contributed by atoms with E-state index in [9.17, 15) is 9.18 Å². The molecule has 3 heteroatoms. The summed E-state index contributed by atoms with van der Waals surface area (Å²) in [6.45, 7) is 0. The topological polar surface area (TPSA) is 40.9 Å². The van der Waals surface area contributed by atoms with E-state index in [1.165, 1.54) is 30.3 Å². The molecular formula is C18H12FNO. The van der Waals surface area contributed by atoms with Gasteiger partial charge in [-0.05, 0) is 35.9 Å². The average molecular weight is 277 g/mol. The molecule has 0 atom stereocenters. The first-order valence-electron chi connectivity index (χ1n) is 6.34. The van der Waals surface area contributed by atoms with Crippen molar-refractivity contribution >= 4 is 11.9 Å². The van der Waals surface area contributed by atoms with Crippen molar-refractivity contribution in [3.05, 3.63) is 89.3 Å². The third-order valence-corrected chi connectivity index (χ3v) is 2.82. The maximum Gasteiger partial charge on any atom is 0.203 e. The largest absolute Gasteiger partial charge is 0.288 e. The number of carbonyl (C=O) groups excluding carboxylic acids is 1. The summed E-state index contributed by atoms with van der Waals surface area (Å²) in [5.41, 5.74) is 1.27. The maximum atomic E-state index is 12.8. The van der Waals surface area contributed by atoms with Crippen LogP contribution in [0, 0.1) is 17.1 Å². The molecule has 0 aliphatic carbocycles. The molecule has 102 valence electrons. The number of hydrogen-bond donors (Lipinski definition) is 0. The minimum Gasteiger partial charge on any atom is -0.288 e. The van der Waals surface area contributed by atoms with Gasteiger partial charge in [0.25, 0.3) is 0 Å². The molecule has 0 radical (unpaired) electrons. The third kappa shape index (κ3) is 3.99. The molecule has 2 nitrogen and oxygen atoms in total. The van der Waals surface area contributed by atoms with E-state index in [4.69, 9.17) is 5.26 Å². The highest BCUT2D eigenvalue weighted by atomic mass is 19.1. The van der Waals surface area contributed by atoms with Crippen LogP contribution < -0.4 is 0 Å². The second kappa shape index (κ2) is 6.97. The van der Waals surface area contributed by atoms with Crippen LogP contribution in [0.2, 0.25) is 0 Å². The van der Waals surface area contributed by atoms with Crippen molar-refractivity contribution in [3.8, 4) is 6.07 Å². The number of allylic oxidation sites excluding steroid dienone is 3. The fraction of sp³-hybridized carbons (Fsp3) is 0. The number of nitrogens with zero attached hydrogens (tertiary/aromatic N) is 1. The smallest absolute Gasteiger partial charge is 0.203 e. The van der Waals surface area contributed by atoms with Gasteiger partial charge in [0, 0.05) is 5.56 Å². The zero-order chi connectivity index (χ0) is 15.1. The fourth-order valence-electron chi connectivity index (χ4n) is 1.74. The van der Waals surface area contributed by atoms with Crippen LogP contribution in [0.15, 0.2) is 72.3 Å². The van der Waals surface area contributed by atoms with Crippen LogP contribution in [0.25, 0.3) is 6.08 Å². The number of hydrogen-bond acceptors (Lipinski definition) is 2. The molecular weight excluding hydrogens is 265 g/mol. The molecule has 0 aromatic heterocycles. The quantitative estimate of drug-likeness (QED) is 0.364. The molecule has 0 bridgehead atoms. The van der Waals surface area contributed by atoms with Crippen molar-refractivity contribution < 1.29 is 9.18 Å². The molecule has 0 saturated heterocycles. The van der Waals surface area contributed by atoms with Crippen LogP contribution in [-0.2, 0) is 0 Å². The van der Waals surface area contributed by atoms with E-state index < -0.39 is 11.6 Å².